The zero-order valence-corrected chi connectivity index (χ0v) is 13.4. The Morgan fingerprint density at radius 2 is 2.17 bits per heavy atom. The Kier molecular flexibility index (Phi) is 5.46. The number of hydrogen-bond donors (Lipinski definition) is 1. The molecule has 0 saturated carbocycles. The van der Waals surface area contributed by atoms with E-state index >= 15 is 0 Å². The number of pyridine rings is 1. The second-order valence-corrected chi connectivity index (χ2v) is 6.27. The third-order valence-corrected chi connectivity index (χ3v) is 4.64. The van der Waals surface area contributed by atoms with E-state index in [4.69, 9.17) is 15.2 Å². The normalized spacial score (nSPS) is 23.0. The number of rotatable bonds is 5. The number of nitrogens with two attached hydrogens (primary N) is 1. The maximum Gasteiger partial charge on any atom is 0.252 e. The molecule has 2 N–H and O–H groups in total. The lowest BCUT2D eigenvalue weighted by molar-refractivity contribution is -0.0672. The molecule has 1 unspecified atom stereocenters. The molecule has 2 aliphatic rings. The highest BCUT2D eigenvalue weighted by molar-refractivity contribution is 5.98. The van der Waals surface area contributed by atoms with Gasteiger partial charge in [0.15, 0.2) is 0 Å². The van der Waals surface area contributed by atoms with Gasteiger partial charge in [0, 0.05) is 32.1 Å². The monoisotopic (exact) mass is 319 g/mol. The van der Waals surface area contributed by atoms with Crippen molar-refractivity contribution < 1.29 is 14.3 Å². The fraction of sp³-hybridized carbons (Fsp3) is 0.647. The lowest BCUT2D eigenvalue weighted by Gasteiger charge is -2.35. The highest BCUT2D eigenvalue weighted by atomic mass is 16.5. The molecule has 1 atom stereocenters. The molecule has 6 heteroatoms. The van der Waals surface area contributed by atoms with Crippen LogP contribution in [-0.4, -0.2) is 49.4 Å². The molecule has 0 bridgehead atoms. The Balaban J connectivity index is 1.49. The average molecular weight is 319 g/mol. The number of ether oxygens (including phenoxy) is 2. The molecule has 0 spiro atoms. The van der Waals surface area contributed by atoms with E-state index in [1.807, 2.05) is 6.07 Å². The summed E-state index contributed by atoms with van der Waals surface area (Å²) in [6.07, 6.45) is 9.20. The summed E-state index contributed by atoms with van der Waals surface area (Å²) < 4.78 is 11.7. The van der Waals surface area contributed by atoms with Gasteiger partial charge in [-0.25, -0.2) is 0 Å². The SMILES string of the molecule is NC(=O)c1cnccc1N1CCC(OCC2CCCCO2)CC1. The van der Waals surface area contributed by atoms with Crippen LogP contribution in [0.25, 0.3) is 0 Å². The molecule has 6 nitrogen and oxygen atoms in total. The number of aromatic nitrogens is 1. The summed E-state index contributed by atoms with van der Waals surface area (Å²) >= 11 is 0. The van der Waals surface area contributed by atoms with Crippen LogP contribution in [0.4, 0.5) is 5.69 Å². The molecular formula is C17H25N3O3. The summed E-state index contributed by atoms with van der Waals surface area (Å²) in [6, 6.07) is 1.86. The van der Waals surface area contributed by atoms with Crippen molar-refractivity contribution in [2.24, 2.45) is 5.73 Å². The van der Waals surface area contributed by atoms with Crippen LogP contribution in [0.3, 0.4) is 0 Å². The first-order chi connectivity index (χ1) is 11.2. The number of piperidine rings is 1. The van der Waals surface area contributed by atoms with Crippen LogP contribution in [0.2, 0.25) is 0 Å². The number of primary amides is 1. The van der Waals surface area contributed by atoms with Crippen LogP contribution in [0.1, 0.15) is 42.5 Å². The smallest absolute Gasteiger partial charge is 0.252 e. The van der Waals surface area contributed by atoms with E-state index in [1.54, 1.807) is 12.4 Å². The van der Waals surface area contributed by atoms with E-state index in [1.165, 1.54) is 12.8 Å². The summed E-state index contributed by atoms with van der Waals surface area (Å²) in [5.41, 5.74) is 6.80. The maximum absolute atomic E-state index is 11.5. The predicted molar refractivity (Wildman–Crippen MR) is 87.5 cm³/mol. The lowest BCUT2D eigenvalue weighted by atomic mass is 10.1. The van der Waals surface area contributed by atoms with Gasteiger partial charge in [-0.15, -0.1) is 0 Å². The van der Waals surface area contributed by atoms with Gasteiger partial charge in [-0.1, -0.05) is 0 Å². The number of nitrogens with zero attached hydrogens (tertiary/aromatic N) is 2. The number of hydrogen-bond acceptors (Lipinski definition) is 5. The molecule has 1 amide bonds. The molecule has 126 valence electrons. The molecule has 0 aromatic carbocycles. The third kappa shape index (κ3) is 4.20. The Morgan fingerprint density at radius 3 is 2.87 bits per heavy atom. The minimum Gasteiger partial charge on any atom is -0.376 e. The third-order valence-electron chi connectivity index (χ3n) is 4.64. The fourth-order valence-corrected chi connectivity index (χ4v) is 3.30. The first-order valence-electron chi connectivity index (χ1n) is 8.46. The van der Waals surface area contributed by atoms with Crippen molar-refractivity contribution in [3.05, 3.63) is 24.0 Å². The molecule has 1 aromatic rings. The molecule has 2 saturated heterocycles. The van der Waals surface area contributed by atoms with E-state index in [0.29, 0.717) is 12.2 Å². The van der Waals surface area contributed by atoms with Crippen LogP contribution in [0.15, 0.2) is 18.5 Å². The molecule has 3 heterocycles. The van der Waals surface area contributed by atoms with Gasteiger partial charge < -0.3 is 20.1 Å². The van der Waals surface area contributed by atoms with Crippen molar-refractivity contribution in [3.63, 3.8) is 0 Å². The quantitative estimate of drug-likeness (QED) is 0.894. The molecule has 2 fully saturated rings. The summed E-state index contributed by atoms with van der Waals surface area (Å²) in [6.45, 7) is 3.29. The summed E-state index contributed by atoms with van der Waals surface area (Å²) in [5.74, 6) is -0.430. The Labute approximate surface area is 137 Å². The number of anilines is 1. The van der Waals surface area contributed by atoms with Crippen LogP contribution < -0.4 is 10.6 Å². The van der Waals surface area contributed by atoms with E-state index < -0.39 is 5.91 Å². The second kappa shape index (κ2) is 7.75. The van der Waals surface area contributed by atoms with Crippen molar-refractivity contribution >= 4 is 11.6 Å². The van der Waals surface area contributed by atoms with Gasteiger partial charge in [0.25, 0.3) is 5.91 Å². The average Bonchev–Trinajstić information content (AvgIpc) is 2.61. The lowest BCUT2D eigenvalue weighted by Crippen LogP contribution is -2.39. The minimum atomic E-state index is -0.430. The van der Waals surface area contributed by atoms with Crippen molar-refractivity contribution in [2.75, 3.05) is 31.2 Å². The van der Waals surface area contributed by atoms with Crippen molar-refractivity contribution in [1.29, 1.82) is 0 Å². The highest BCUT2D eigenvalue weighted by Gasteiger charge is 2.24. The fourth-order valence-electron chi connectivity index (χ4n) is 3.30. The van der Waals surface area contributed by atoms with Gasteiger partial charge >= 0.3 is 0 Å². The van der Waals surface area contributed by atoms with Crippen LogP contribution in [-0.2, 0) is 9.47 Å². The molecule has 3 rings (SSSR count). The van der Waals surface area contributed by atoms with Gasteiger partial charge in [-0.2, -0.15) is 0 Å². The summed E-state index contributed by atoms with van der Waals surface area (Å²) in [4.78, 5) is 17.7. The topological polar surface area (TPSA) is 77.7 Å². The molecule has 2 aliphatic heterocycles. The van der Waals surface area contributed by atoms with Crippen molar-refractivity contribution in [2.45, 2.75) is 44.3 Å². The second-order valence-electron chi connectivity index (χ2n) is 6.27. The van der Waals surface area contributed by atoms with Gasteiger partial charge in [0.2, 0.25) is 0 Å². The molecular weight excluding hydrogens is 294 g/mol. The van der Waals surface area contributed by atoms with Gasteiger partial charge in [-0.3, -0.25) is 9.78 Å². The zero-order chi connectivity index (χ0) is 16.1. The summed E-state index contributed by atoms with van der Waals surface area (Å²) in [5, 5.41) is 0. The van der Waals surface area contributed by atoms with Crippen LogP contribution in [0.5, 0.6) is 0 Å². The number of amides is 1. The Morgan fingerprint density at radius 1 is 1.35 bits per heavy atom. The predicted octanol–water partition coefficient (Wildman–Crippen LogP) is 1.73. The van der Waals surface area contributed by atoms with Crippen molar-refractivity contribution in [3.8, 4) is 0 Å². The first-order valence-corrected chi connectivity index (χ1v) is 8.46. The van der Waals surface area contributed by atoms with Crippen LogP contribution >= 0.6 is 0 Å². The number of carbonyl (C=O) groups is 1. The van der Waals surface area contributed by atoms with E-state index in [0.717, 1.165) is 44.6 Å². The van der Waals surface area contributed by atoms with E-state index in [2.05, 4.69) is 9.88 Å². The van der Waals surface area contributed by atoms with Gasteiger partial charge in [0.05, 0.1) is 30.1 Å². The molecule has 23 heavy (non-hydrogen) atoms. The Hall–Kier alpha value is -1.66. The van der Waals surface area contributed by atoms with Gasteiger partial charge in [-0.05, 0) is 38.2 Å². The summed E-state index contributed by atoms with van der Waals surface area (Å²) in [7, 11) is 0. The molecule has 0 radical (unpaired) electrons. The van der Waals surface area contributed by atoms with Gasteiger partial charge in [0.1, 0.15) is 0 Å². The largest absolute Gasteiger partial charge is 0.376 e. The van der Waals surface area contributed by atoms with Crippen molar-refractivity contribution in [1.82, 2.24) is 4.98 Å². The maximum atomic E-state index is 11.5. The Bertz CT molecular complexity index is 524. The van der Waals surface area contributed by atoms with Crippen LogP contribution in [0, 0.1) is 0 Å². The minimum absolute atomic E-state index is 0.267. The zero-order valence-electron chi connectivity index (χ0n) is 13.4. The first kappa shape index (κ1) is 16.2. The highest BCUT2D eigenvalue weighted by Crippen LogP contribution is 2.24. The molecule has 1 aromatic heterocycles. The molecule has 0 aliphatic carbocycles. The number of carbonyl (C=O) groups excluding carboxylic acids is 1. The van der Waals surface area contributed by atoms with E-state index in [9.17, 15) is 4.79 Å². The standard InChI is InChI=1S/C17H25N3O3/c18-17(21)15-11-19-7-4-16(15)20-8-5-13(6-9-20)23-12-14-3-1-2-10-22-14/h4,7,11,13-14H,1-3,5-6,8-10,12H2,(H2,18,21). The van der Waals surface area contributed by atoms with E-state index in [-0.39, 0.29) is 12.2 Å².